The second-order valence-corrected chi connectivity index (χ2v) is 7.58. The number of amidine groups is 1. The molecule has 27 heavy (non-hydrogen) atoms. The van der Waals surface area contributed by atoms with Gasteiger partial charge in [-0.25, -0.2) is 4.79 Å². The smallest absolute Gasteiger partial charge is 0.341 e. The highest BCUT2D eigenvalue weighted by molar-refractivity contribution is 8.18. The Morgan fingerprint density at radius 1 is 1.37 bits per heavy atom. The first-order valence-corrected chi connectivity index (χ1v) is 9.58. The van der Waals surface area contributed by atoms with Crippen molar-refractivity contribution in [1.82, 2.24) is 4.90 Å². The molecule has 0 spiro atoms. The fourth-order valence-corrected chi connectivity index (χ4v) is 3.88. The number of likely N-dealkylation sites (tertiary alicyclic amines) is 1. The number of methoxy groups -OCH3 is 1. The minimum atomic E-state index is -1.06. The van der Waals surface area contributed by atoms with Crippen LogP contribution in [0.15, 0.2) is 28.1 Å². The highest BCUT2D eigenvalue weighted by Gasteiger charge is 2.28. The summed E-state index contributed by atoms with van der Waals surface area (Å²) < 4.78 is 10.5. The van der Waals surface area contributed by atoms with E-state index in [-0.39, 0.29) is 5.91 Å². The molecule has 1 amide bonds. The zero-order valence-corrected chi connectivity index (χ0v) is 16.1. The van der Waals surface area contributed by atoms with Gasteiger partial charge in [-0.1, -0.05) is 13.0 Å². The van der Waals surface area contributed by atoms with E-state index in [2.05, 4.69) is 16.8 Å². The summed E-state index contributed by atoms with van der Waals surface area (Å²) in [5.74, 6) is 0.166. The zero-order valence-electron chi connectivity index (χ0n) is 15.3. The van der Waals surface area contributed by atoms with Crippen molar-refractivity contribution in [3.63, 3.8) is 0 Å². The lowest BCUT2D eigenvalue weighted by Gasteiger charge is -2.30. The van der Waals surface area contributed by atoms with Crippen molar-refractivity contribution in [3.05, 3.63) is 28.7 Å². The first kappa shape index (κ1) is 19.3. The van der Waals surface area contributed by atoms with Gasteiger partial charge in [0.15, 0.2) is 23.3 Å². The second-order valence-electron chi connectivity index (χ2n) is 6.57. The molecule has 2 aliphatic heterocycles. The number of hydrogen-bond donors (Lipinski definition) is 1. The van der Waals surface area contributed by atoms with E-state index >= 15 is 0 Å². The third kappa shape index (κ3) is 4.82. The normalized spacial score (nSPS) is 19.3. The lowest BCUT2D eigenvalue weighted by Crippen LogP contribution is -2.35. The molecular formula is C19H22N2O5S. The molecule has 2 heterocycles. The van der Waals surface area contributed by atoms with Crippen LogP contribution in [0.25, 0.3) is 6.08 Å². The number of aliphatic imine (C=N–C) groups is 1. The molecule has 1 N–H and O–H groups in total. The van der Waals surface area contributed by atoms with Crippen molar-refractivity contribution in [2.75, 3.05) is 26.8 Å². The van der Waals surface area contributed by atoms with Crippen molar-refractivity contribution < 1.29 is 24.2 Å². The molecule has 0 aromatic heterocycles. The Bertz CT molecular complexity index is 797. The first-order valence-electron chi connectivity index (χ1n) is 8.76. The molecule has 3 rings (SSSR count). The third-order valence-corrected chi connectivity index (χ3v) is 5.54. The predicted octanol–water partition coefficient (Wildman–Crippen LogP) is 2.86. The molecule has 0 radical (unpaired) electrons. The van der Waals surface area contributed by atoms with Crippen LogP contribution in [0.4, 0.5) is 0 Å². The molecule has 1 aromatic rings. The number of piperidine rings is 1. The van der Waals surface area contributed by atoms with Gasteiger partial charge in [-0.05, 0) is 54.3 Å². The first-order chi connectivity index (χ1) is 13.0. The molecule has 1 fully saturated rings. The Balaban J connectivity index is 1.71. The molecule has 0 aliphatic carbocycles. The molecule has 7 nitrogen and oxygen atoms in total. The number of benzene rings is 1. The Labute approximate surface area is 162 Å². The lowest BCUT2D eigenvalue weighted by molar-refractivity contribution is -0.139. The topological polar surface area (TPSA) is 88.4 Å². The zero-order chi connectivity index (χ0) is 19.4. The number of nitrogens with zero attached hydrogens (tertiary/aromatic N) is 2. The summed E-state index contributed by atoms with van der Waals surface area (Å²) >= 11 is 1.39. The number of aliphatic carboxylic acids is 1. The Morgan fingerprint density at radius 3 is 2.78 bits per heavy atom. The SMILES string of the molecule is COc1cc(/C=C2\SC(N3CCC(C)CC3)=NC2=O)ccc1OCC(=O)O. The Hall–Kier alpha value is -2.48. The quantitative estimate of drug-likeness (QED) is 0.774. The van der Waals surface area contributed by atoms with Crippen LogP contribution in [0.3, 0.4) is 0 Å². The van der Waals surface area contributed by atoms with Gasteiger partial charge in [0, 0.05) is 13.1 Å². The third-order valence-electron chi connectivity index (χ3n) is 4.50. The minimum Gasteiger partial charge on any atom is -0.493 e. The number of carboxylic acid groups (broad SMARTS) is 1. The Morgan fingerprint density at radius 2 is 2.11 bits per heavy atom. The minimum absolute atomic E-state index is 0.237. The molecular weight excluding hydrogens is 368 g/mol. The number of carbonyl (C=O) groups is 2. The van der Waals surface area contributed by atoms with Crippen molar-refractivity contribution in [1.29, 1.82) is 0 Å². The van der Waals surface area contributed by atoms with E-state index in [1.54, 1.807) is 24.3 Å². The fourth-order valence-electron chi connectivity index (χ4n) is 2.92. The maximum absolute atomic E-state index is 12.3. The monoisotopic (exact) mass is 390 g/mol. The maximum Gasteiger partial charge on any atom is 0.341 e. The van der Waals surface area contributed by atoms with Crippen LogP contribution in [-0.2, 0) is 9.59 Å². The van der Waals surface area contributed by atoms with E-state index < -0.39 is 12.6 Å². The maximum atomic E-state index is 12.3. The van der Waals surface area contributed by atoms with Gasteiger partial charge in [-0.2, -0.15) is 4.99 Å². The average Bonchev–Trinajstić information content (AvgIpc) is 3.01. The van der Waals surface area contributed by atoms with E-state index in [1.165, 1.54) is 18.9 Å². The summed E-state index contributed by atoms with van der Waals surface area (Å²) in [6.45, 7) is 3.65. The summed E-state index contributed by atoms with van der Waals surface area (Å²) in [7, 11) is 1.48. The van der Waals surface area contributed by atoms with Gasteiger partial charge in [-0.3, -0.25) is 4.79 Å². The van der Waals surface area contributed by atoms with Crippen molar-refractivity contribution in [2.24, 2.45) is 10.9 Å². The van der Waals surface area contributed by atoms with Crippen LogP contribution in [0.2, 0.25) is 0 Å². The van der Waals surface area contributed by atoms with Gasteiger partial charge in [0.2, 0.25) is 0 Å². The summed E-state index contributed by atoms with van der Waals surface area (Å²) in [6, 6.07) is 5.09. The Kier molecular flexibility index (Phi) is 6.05. The number of hydrogen-bond acceptors (Lipinski definition) is 6. The molecule has 0 atom stereocenters. The summed E-state index contributed by atoms with van der Waals surface area (Å²) in [5.41, 5.74) is 0.758. The molecule has 144 valence electrons. The fraction of sp³-hybridized carbons (Fsp3) is 0.421. The van der Waals surface area contributed by atoms with Gasteiger partial charge in [0.1, 0.15) is 0 Å². The number of amides is 1. The lowest BCUT2D eigenvalue weighted by atomic mass is 10.00. The molecule has 1 aromatic carbocycles. The summed E-state index contributed by atoms with van der Waals surface area (Å²) in [6.07, 6.45) is 3.99. The molecule has 0 saturated carbocycles. The van der Waals surface area contributed by atoms with Gasteiger partial charge in [0.05, 0.1) is 12.0 Å². The number of thioether (sulfide) groups is 1. The van der Waals surface area contributed by atoms with Crippen molar-refractivity contribution >= 4 is 34.9 Å². The van der Waals surface area contributed by atoms with E-state index in [4.69, 9.17) is 14.6 Å². The van der Waals surface area contributed by atoms with Gasteiger partial charge >= 0.3 is 5.97 Å². The van der Waals surface area contributed by atoms with Crippen LogP contribution in [0.5, 0.6) is 11.5 Å². The van der Waals surface area contributed by atoms with Crippen LogP contribution >= 0.6 is 11.8 Å². The number of ether oxygens (including phenoxy) is 2. The summed E-state index contributed by atoms with van der Waals surface area (Å²) in [4.78, 5) is 29.9. The second kappa shape index (κ2) is 8.47. The van der Waals surface area contributed by atoms with Crippen molar-refractivity contribution in [3.8, 4) is 11.5 Å². The standard InChI is InChI=1S/C19H22N2O5S/c1-12-5-7-21(8-6-12)19-20-18(24)16(27-19)10-13-3-4-14(15(9-13)25-2)26-11-17(22)23/h3-4,9-10,12H,5-8,11H2,1-2H3,(H,22,23)/b16-10-. The predicted molar refractivity (Wildman–Crippen MR) is 104 cm³/mol. The molecule has 2 aliphatic rings. The van der Waals surface area contributed by atoms with Crippen molar-refractivity contribution in [2.45, 2.75) is 19.8 Å². The largest absolute Gasteiger partial charge is 0.493 e. The molecule has 1 saturated heterocycles. The molecule has 8 heteroatoms. The average molecular weight is 390 g/mol. The van der Waals surface area contributed by atoms with E-state index in [1.807, 2.05) is 0 Å². The van der Waals surface area contributed by atoms with E-state index in [9.17, 15) is 9.59 Å². The van der Waals surface area contributed by atoms with Gasteiger partial charge in [-0.15, -0.1) is 0 Å². The van der Waals surface area contributed by atoms with Gasteiger partial charge < -0.3 is 19.5 Å². The van der Waals surface area contributed by atoms with Crippen LogP contribution in [0, 0.1) is 5.92 Å². The van der Waals surface area contributed by atoms with Crippen LogP contribution in [-0.4, -0.2) is 53.9 Å². The molecule has 0 unspecified atom stereocenters. The highest BCUT2D eigenvalue weighted by atomic mass is 32.2. The molecule has 0 bridgehead atoms. The summed E-state index contributed by atoms with van der Waals surface area (Å²) in [5, 5.41) is 9.50. The number of carboxylic acids is 1. The van der Waals surface area contributed by atoms with Crippen LogP contribution in [0.1, 0.15) is 25.3 Å². The highest BCUT2D eigenvalue weighted by Crippen LogP contribution is 2.34. The number of rotatable bonds is 5. The van der Waals surface area contributed by atoms with Crippen LogP contribution < -0.4 is 9.47 Å². The number of carbonyl (C=O) groups excluding carboxylic acids is 1. The van der Waals surface area contributed by atoms with E-state index in [0.717, 1.165) is 36.7 Å². The van der Waals surface area contributed by atoms with E-state index in [0.29, 0.717) is 22.3 Å². The van der Waals surface area contributed by atoms with Gasteiger partial charge in [0.25, 0.3) is 5.91 Å².